The van der Waals surface area contributed by atoms with Crippen LogP contribution in [-0.4, -0.2) is 68.5 Å². The highest BCUT2D eigenvalue weighted by Crippen LogP contribution is 2.47. The average Bonchev–Trinajstić information content (AvgIpc) is 3.71. The zero-order chi connectivity index (χ0) is 42.7. The topological polar surface area (TPSA) is 150 Å². The summed E-state index contributed by atoms with van der Waals surface area (Å²) in [6, 6.07) is 32.1. The van der Waals surface area contributed by atoms with Crippen molar-refractivity contribution in [3.05, 3.63) is 143 Å². The number of sulfone groups is 2. The van der Waals surface area contributed by atoms with Crippen molar-refractivity contribution in [2.45, 2.75) is 38.1 Å². The Hall–Kier alpha value is -5.28. The van der Waals surface area contributed by atoms with Crippen LogP contribution in [0.3, 0.4) is 0 Å². The van der Waals surface area contributed by atoms with Crippen molar-refractivity contribution < 1.29 is 41.2 Å². The van der Waals surface area contributed by atoms with E-state index < -0.39 is 43.1 Å². The molecule has 0 bridgehead atoms. The van der Waals surface area contributed by atoms with Crippen LogP contribution in [0.1, 0.15) is 31.7 Å². The largest absolute Gasteiger partial charge is 0.480 e. The number of fused-ring (bicyclic) bond motifs is 2. The molecule has 1 aliphatic carbocycles. The first kappa shape index (κ1) is 42.8. The van der Waals surface area contributed by atoms with E-state index in [1.54, 1.807) is 11.3 Å². The molecule has 5 aromatic rings. The fraction of sp³-hybridized carbons (Fsp3) is 0.239. The lowest BCUT2D eigenvalue weighted by molar-refractivity contribution is -0.664. The Labute approximate surface area is 358 Å². The third-order valence-electron chi connectivity index (χ3n) is 10.2. The van der Waals surface area contributed by atoms with Gasteiger partial charge in [0.15, 0.2) is 26.2 Å². The number of hydrogen-bond donors (Lipinski definition) is 2. The minimum atomic E-state index is -3.86. The number of benzene rings is 4. The standard InChI is InChI=1S/C46H44N2O8S4/c1-46(2)28-32(10-9-15-42-47(20-22-59(53,54)30-44(49)50)38-26-36(16-18-40(38)57-42)34-11-5-3-6-12-34)24-33(29-46)25-43-48(21-23-60(55,56)31-45(51)52)39-27-37(17-19-41(39)58-43)35-13-7-4-8-14-35/h3-19,24-27H,20-23,28-31H2,1-2H3,(H-,49,50,51,52)/p+1. The summed E-state index contributed by atoms with van der Waals surface area (Å²) in [5.41, 5.74) is 7.81. The van der Waals surface area contributed by atoms with E-state index >= 15 is 0 Å². The first-order valence-corrected chi connectivity index (χ1v) is 24.6. The van der Waals surface area contributed by atoms with Crippen LogP contribution in [0.25, 0.3) is 38.5 Å². The van der Waals surface area contributed by atoms with Gasteiger partial charge in [0.25, 0.3) is 5.01 Å². The molecule has 0 saturated heterocycles. The predicted molar refractivity (Wildman–Crippen MR) is 241 cm³/mol. The molecule has 60 heavy (non-hydrogen) atoms. The van der Waals surface area contributed by atoms with E-state index in [9.17, 15) is 36.6 Å². The summed E-state index contributed by atoms with van der Waals surface area (Å²) in [7, 11) is -7.70. The molecule has 4 aromatic carbocycles. The molecule has 1 aliphatic heterocycles. The molecule has 0 amide bonds. The van der Waals surface area contributed by atoms with E-state index in [1.807, 2.05) is 107 Å². The number of carboxylic acids is 2. The minimum absolute atomic E-state index is 0.0930. The van der Waals surface area contributed by atoms with Crippen LogP contribution in [0.5, 0.6) is 0 Å². The number of thiazole rings is 1. The van der Waals surface area contributed by atoms with Crippen molar-refractivity contribution in [2.75, 3.05) is 34.5 Å². The Balaban J connectivity index is 1.21. The molecule has 0 saturated carbocycles. The zero-order valence-corrected chi connectivity index (χ0v) is 36.4. The molecule has 310 valence electrons. The van der Waals surface area contributed by atoms with Crippen LogP contribution in [-0.2, 0) is 35.8 Å². The number of anilines is 1. The van der Waals surface area contributed by atoms with E-state index in [1.165, 1.54) is 11.8 Å². The molecule has 2 aliphatic rings. The van der Waals surface area contributed by atoms with Gasteiger partial charge in [-0.1, -0.05) is 128 Å². The Kier molecular flexibility index (Phi) is 12.7. The molecule has 0 spiro atoms. The van der Waals surface area contributed by atoms with Gasteiger partial charge in [-0.15, -0.1) is 0 Å². The number of nitrogens with zero attached hydrogens (tertiary/aromatic N) is 2. The number of rotatable bonds is 15. The van der Waals surface area contributed by atoms with Gasteiger partial charge in [-0.3, -0.25) is 9.59 Å². The molecule has 2 N–H and O–H groups in total. The summed E-state index contributed by atoms with van der Waals surface area (Å²) in [6.07, 6.45) is 11.8. The molecule has 1 aromatic heterocycles. The van der Waals surface area contributed by atoms with Crippen LogP contribution in [0.2, 0.25) is 0 Å². The van der Waals surface area contributed by atoms with Crippen molar-refractivity contribution in [1.29, 1.82) is 0 Å². The second-order valence-electron chi connectivity index (χ2n) is 15.7. The fourth-order valence-corrected chi connectivity index (χ4v) is 11.8. The smallest absolute Gasteiger partial charge is 0.318 e. The fourth-order valence-electron chi connectivity index (χ4n) is 7.62. The Morgan fingerprint density at radius 2 is 1.40 bits per heavy atom. The number of hydrogen-bond acceptors (Lipinski definition) is 9. The normalized spacial score (nSPS) is 16.8. The number of thioether (sulfide) groups is 1. The molecule has 10 nitrogen and oxygen atoms in total. The summed E-state index contributed by atoms with van der Waals surface area (Å²) in [6.45, 7) is 4.60. The second-order valence-corrected chi connectivity index (χ2v) is 22.2. The number of aliphatic carboxylic acids is 2. The maximum absolute atomic E-state index is 12.8. The Morgan fingerprint density at radius 1 is 0.783 bits per heavy atom. The number of aromatic nitrogens is 1. The monoisotopic (exact) mass is 881 g/mol. The summed E-state index contributed by atoms with van der Waals surface area (Å²) < 4.78 is 53.9. The quantitative estimate of drug-likeness (QED) is 0.0979. The lowest BCUT2D eigenvalue weighted by Gasteiger charge is -2.30. The minimum Gasteiger partial charge on any atom is -0.480 e. The molecule has 0 fully saturated rings. The average molecular weight is 882 g/mol. The highest BCUT2D eigenvalue weighted by Gasteiger charge is 2.30. The Bertz CT molecular complexity index is 2810. The van der Waals surface area contributed by atoms with Crippen molar-refractivity contribution in [3.63, 3.8) is 0 Å². The van der Waals surface area contributed by atoms with Gasteiger partial charge in [0, 0.05) is 23.6 Å². The molecular formula is C46H45N2O8S4+. The summed E-state index contributed by atoms with van der Waals surface area (Å²) >= 11 is 3.09. The molecule has 0 unspecified atom stereocenters. The summed E-state index contributed by atoms with van der Waals surface area (Å²) in [4.78, 5) is 25.5. The first-order valence-electron chi connectivity index (χ1n) is 19.3. The van der Waals surface area contributed by atoms with E-state index in [0.717, 1.165) is 77.1 Å². The van der Waals surface area contributed by atoms with Gasteiger partial charge in [0.1, 0.15) is 22.0 Å². The molecular weight excluding hydrogens is 837 g/mol. The van der Waals surface area contributed by atoms with Crippen molar-refractivity contribution in [1.82, 2.24) is 0 Å². The van der Waals surface area contributed by atoms with E-state index in [0.29, 0.717) is 0 Å². The van der Waals surface area contributed by atoms with Gasteiger partial charge >= 0.3 is 11.9 Å². The number of carbonyl (C=O) groups is 2. The second kappa shape index (κ2) is 17.7. The van der Waals surface area contributed by atoms with Crippen molar-refractivity contribution in [2.24, 2.45) is 5.41 Å². The van der Waals surface area contributed by atoms with E-state index in [4.69, 9.17) is 0 Å². The van der Waals surface area contributed by atoms with Gasteiger partial charge in [0.2, 0.25) is 5.52 Å². The van der Waals surface area contributed by atoms with E-state index in [2.05, 4.69) is 44.2 Å². The highest BCUT2D eigenvalue weighted by atomic mass is 32.2. The molecule has 7 rings (SSSR count). The van der Waals surface area contributed by atoms with Gasteiger partial charge in [0.05, 0.1) is 16.5 Å². The van der Waals surface area contributed by atoms with Gasteiger partial charge in [-0.2, -0.15) is 4.57 Å². The number of aryl methyl sites for hydroxylation is 1. The van der Waals surface area contributed by atoms with Crippen molar-refractivity contribution in [3.8, 4) is 22.3 Å². The molecule has 0 radical (unpaired) electrons. The van der Waals surface area contributed by atoms with Crippen LogP contribution in [0, 0.1) is 5.41 Å². The van der Waals surface area contributed by atoms with Crippen molar-refractivity contribution >= 4 is 76.7 Å². The SMILES string of the molecule is CC1(C)CC(/C=C/C=C2\Sc3ccc(-c4ccccc4)cc3N2CCS(=O)(=O)CC(=O)O)=CC(=C/c2sc3ccc(-c4ccccc4)cc3[n+]2CCS(=O)(=O)CC(=O)O)/C1. The lowest BCUT2D eigenvalue weighted by Crippen LogP contribution is -2.39. The van der Waals surface area contributed by atoms with E-state index in [-0.39, 0.29) is 30.0 Å². The highest BCUT2D eigenvalue weighted by molar-refractivity contribution is 8.03. The lowest BCUT2D eigenvalue weighted by atomic mass is 9.75. The Morgan fingerprint density at radius 3 is 2.05 bits per heavy atom. The predicted octanol–water partition coefficient (Wildman–Crippen LogP) is 8.66. The first-order chi connectivity index (χ1) is 28.5. The van der Waals surface area contributed by atoms with Crippen LogP contribution < -0.4 is 9.47 Å². The number of carboxylic acid groups (broad SMARTS) is 2. The van der Waals surface area contributed by atoms with Gasteiger partial charge in [-0.05, 0) is 75.9 Å². The summed E-state index contributed by atoms with van der Waals surface area (Å²) in [5.74, 6) is -5.24. The molecule has 2 heterocycles. The third-order valence-corrected chi connectivity index (χ3v) is 15.4. The van der Waals surface area contributed by atoms with Crippen LogP contribution in [0.4, 0.5) is 5.69 Å². The zero-order valence-electron chi connectivity index (χ0n) is 33.2. The maximum Gasteiger partial charge on any atom is 0.318 e. The molecule has 0 atom stereocenters. The van der Waals surface area contributed by atoms with Gasteiger partial charge < -0.3 is 15.1 Å². The number of allylic oxidation sites excluding steroid dienone is 6. The summed E-state index contributed by atoms with van der Waals surface area (Å²) in [5, 5.41) is 20.1. The van der Waals surface area contributed by atoms with Crippen LogP contribution >= 0.6 is 23.1 Å². The third kappa shape index (κ3) is 10.7. The van der Waals surface area contributed by atoms with Crippen LogP contribution in [0.15, 0.2) is 142 Å². The maximum atomic E-state index is 12.8. The molecule has 14 heteroatoms. The van der Waals surface area contributed by atoms with Gasteiger partial charge in [-0.25, -0.2) is 16.8 Å².